The molecule has 0 aliphatic rings. The number of urea groups is 1. The zero-order valence-corrected chi connectivity index (χ0v) is 15.7. The van der Waals surface area contributed by atoms with Crippen LogP contribution in [-0.2, 0) is 0 Å². The molecule has 0 bridgehead atoms. The molecule has 0 fully saturated rings. The zero-order valence-electron chi connectivity index (χ0n) is 15.7. The Balaban J connectivity index is 2.19. The Morgan fingerprint density at radius 1 is 1.12 bits per heavy atom. The fourth-order valence-electron chi connectivity index (χ4n) is 2.76. The molecule has 0 saturated carbocycles. The molecule has 0 saturated heterocycles. The number of carbonyl (C=O) groups excluding carboxylic acids is 1. The molecule has 140 valence electrons. The number of aromatic amines is 1. The summed E-state index contributed by atoms with van der Waals surface area (Å²) in [6.45, 7) is 7.34. The third-order valence-corrected chi connectivity index (χ3v) is 4.08. The average Bonchev–Trinajstić information content (AvgIpc) is 2.66. The van der Waals surface area contributed by atoms with Crippen LogP contribution in [0, 0.1) is 0 Å². The van der Waals surface area contributed by atoms with E-state index in [-0.39, 0.29) is 17.3 Å². The first-order valence-corrected chi connectivity index (χ1v) is 9.18. The molecule has 1 heterocycles. The summed E-state index contributed by atoms with van der Waals surface area (Å²) >= 11 is 0. The number of amides is 2. The van der Waals surface area contributed by atoms with Gasteiger partial charge in [0.1, 0.15) is 0 Å². The molecule has 2 aromatic rings. The Kier molecular flexibility index (Phi) is 7.32. The van der Waals surface area contributed by atoms with Gasteiger partial charge in [-0.15, -0.1) is 10.2 Å². The number of benzene rings is 1. The minimum atomic E-state index is -0.472. The van der Waals surface area contributed by atoms with Crippen molar-refractivity contribution < 1.29 is 4.79 Å². The standard InChI is InChI=1S/C19H27N5O2/c1-4-12-24(13-5-2)19(26)20-15(6-3)16-18(25)21-17(23-22-16)14-10-8-7-9-11-14/h7-11,15H,4-6,12-13H2,1-3H3,(H,20,26)(H,21,23,25). The molecule has 0 aliphatic heterocycles. The number of H-pyrrole nitrogens is 1. The normalized spacial score (nSPS) is 11.8. The molecule has 1 atom stereocenters. The van der Waals surface area contributed by atoms with E-state index >= 15 is 0 Å². The van der Waals surface area contributed by atoms with E-state index in [2.05, 4.69) is 20.5 Å². The molecular weight excluding hydrogens is 330 g/mol. The quantitative estimate of drug-likeness (QED) is 0.759. The first-order valence-electron chi connectivity index (χ1n) is 9.18. The average molecular weight is 357 g/mol. The molecule has 0 aliphatic carbocycles. The summed E-state index contributed by atoms with van der Waals surface area (Å²) in [4.78, 5) is 29.5. The van der Waals surface area contributed by atoms with E-state index in [9.17, 15) is 9.59 Å². The van der Waals surface area contributed by atoms with Gasteiger partial charge in [-0.2, -0.15) is 0 Å². The summed E-state index contributed by atoms with van der Waals surface area (Å²) in [6, 6.07) is 8.69. The zero-order chi connectivity index (χ0) is 18.9. The molecule has 1 aromatic heterocycles. The lowest BCUT2D eigenvalue weighted by atomic mass is 10.1. The summed E-state index contributed by atoms with van der Waals surface area (Å²) in [5.41, 5.74) is 0.690. The summed E-state index contributed by atoms with van der Waals surface area (Å²) in [7, 11) is 0. The number of rotatable bonds is 8. The van der Waals surface area contributed by atoms with Crippen molar-refractivity contribution in [2.24, 2.45) is 0 Å². The number of nitrogens with zero attached hydrogens (tertiary/aromatic N) is 3. The summed E-state index contributed by atoms with van der Waals surface area (Å²) in [5.74, 6) is 0.416. The lowest BCUT2D eigenvalue weighted by Gasteiger charge is -2.25. The monoisotopic (exact) mass is 357 g/mol. The van der Waals surface area contributed by atoms with Crippen LogP contribution >= 0.6 is 0 Å². The van der Waals surface area contributed by atoms with Crippen LogP contribution in [0.15, 0.2) is 35.1 Å². The fourth-order valence-corrected chi connectivity index (χ4v) is 2.76. The Bertz CT molecular complexity index is 754. The van der Waals surface area contributed by atoms with E-state index in [0.29, 0.717) is 25.3 Å². The highest BCUT2D eigenvalue weighted by atomic mass is 16.2. The molecule has 2 amide bonds. The summed E-state index contributed by atoms with van der Waals surface area (Å²) in [6.07, 6.45) is 2.33. The van der Waals surface area contributed by atoms with Crippen LogP contribution in [0.5, 0.6) is 0 Å². The van der Waals surface area contributed by atoms with E-state index in [1.807, 2.05) is 51.1 Å². The van der Waals surface area contributed by atoms with Gasteiger partial charge < -0.3 is 15.2 Å². The van der Waals surface area contributed by atoms with Crippen LogP contribution in [0.4, 0.5) is 4.79 Å². The number of hydrogen-bond acceptors (Lipinski definition) is 4. The van der Waals surface area contributed by atoms with Crippen molar-refractivity contribution in [2.45, 2.75) is 46.1 Å². The second-order valence-corrected chi connectivity index (χ2v) is 6.15. The van der Waals surface area contributed by atoms with Gasteiger partial charge in [0.2, 0.25) is 0 Å². The van der Waals surface area contributed by atoms with Gasteiger partial charge in [-0.05, 0) is 19.3 Å². The first kappa shape index (κ1) is 19.6. The number of hydrogen-bond donors (Lipinski definition) is 2. The first-order chi connectivity index (χ1) is 12.6. The van der Waals surface area contributed by atoms with Crippen molar-refractivity contribution in [3.05, 3.63) is 46.4 Å². The molecule has 2 rings (SSSR count). The smallest absolute Gasteiger partial charge is 0.317 e. The maximum Gasteiger partial charge on any atom is 0.317 e. The van der Waals surface area contributed by atoms with Crippen LogP contribution < -0.4 is 10.9 Å². The van der Waals surface area contributed by atoms with Gasteiger partial charge in [-0.3, -0.25) is 4.79 Å². The van der Waals surface area contributed by atoms with Crippen molar-refractivity contribution in [2.75, 3.05) is 13.1 Å². The third kappa shape index (κ3) is 4.91. The van der Waals surface area contributed by atoms with Crippen molar-refractivity contribution >= 4 is 6.03 Å². The van der Waals surface area contributed by atoms with Crippen LogP contribution in [-0.4, -0.2) is 39.2 Å². The summed E-state index contributed by atoms with van der Waals surface area (Å²) < 4.78 is 0. The predicted molar refractivity (Wildman–Crippen MR) is 102 cm³/mol. The maximum absolute atomic E-state index is 12.5. The van der Waals surface area contributed by atoms with Crippen LogP contribution in [0.25, 0.3) is 11.4 Å². The molecule has 26 heavy (non-hydrogen) atoms. The van der Waals surface area contributed by atoms with Gasteiger partial charge >= 0.3 is 6.03 Å². The largest absolute Gasteiger partial charge is 0.329 e. The Hall–Kier alpha value is -2.70. The Morgan fingerprint density at radius 3 is 2.31 bits per heavy atom. The minimum Gasteiger partial charge on any atom is -0.329 e. The fraction of sp³-hybridized carbons (Fsp3) is 0.474. The van der Waals surface area contributed by atoms with E-state index in [1.165, 1.54) is 0 Å². The van der Waals surface area contributed by atoms with Crippen LogP contribution in [0.1, 0.15) is 51.8 Å². The van der Waals surface area contributed by atoms with E-state index in [0.717, 1.165) is 18.4 Å². The van der Waals surface area contributed by atoms with Crippen molar-refractivity contribution in [3.8, 4) is 11.4 Å². The third-order valence-electron chi connectivity index (χ3n) is 4.08. The van der Waals surface area contributed by atoms with Crippen molar-refractivity contribution in [1.29, 1.82) is 0 Å². The van der Waals surface area contributed by atoms with E-state index in [4.69, 9.17) is 0 Å². The second-order valence-electron chi connectivity index (χ2n) is 6.15. The number of nitrogens with one attached hydrogen (secondary N) is 2. The van der Waals surface area contributed by atoms with Gasteiger partial charge in [-0.1, -0.05) is 51.1 Å². The number of carbonyl (C=O) groups is 1. The topological polar surface area (TPSA) is 91.0 Å². The molecule has 1 aromatic carbocycles. The summed E-state index contributed by atoms with van der Waals surface area (Å²) in [5, 5.41) is 11.2. The second kappa shape index (κ2) is 9.70. The minimum absolute atomic E-state index is 0.172. The molecule has 7 heteroatoms. The van der Waals surface area contributed by atoms with E-state index < -0.39 is 6.04 Å². The predicted octanol–water partition coefficient (Wildman–Crippen LogP) is 3.11. The van der Waals surface area contributed by atoms with Gasteiger partial charge in [-0.25, -0.2) is 4.79 Å². The van der Waals surface area contributed by atoms with Gasteiger partial charge in [0.15, 0.2) is 11.5 Å². The lowest BCUT2D eigenvalue weighted by molar-refractivity contribution is 0.193. The van der Waals surface area contributed by atoms with Gasteiger partial charge in [0, 0.05) is 18.7 Å². The lowest BCUT2D eigenvalue weighted by Crippen LogP contribution is -2.43. The van der Waals surface area contributed by atoms with Gasteiger partial charge in [0.05, 0.1) is 6.04 Å². The van der Waals surface area contributed by atoms with Crippen molar-refractivity contribution in [1.82, 2.24) is 25.4 Å². The molecule has 7 nitrogen and oxygen atoms in total. The van der Waals surface area contributed by atoms with E-state index in [1.54, 1.807) is 4.90 Å². The molecule has 1 unspecified atom stereocenters. The van der Waals surface area contributed by atoms with Crippen molar-refractivity contribution in [3.63, 3.8) is 0 Å². The highest BCUT2D eigenvalue weighted by Crippen LogP contribution is 2.14. The van der Waals surface area contributed by atoms with Crippen LogP contribution in [0.2, 0.25) is 0 Å². The highest BCUT2D eigenvalue weighted by Gasteiger charge is 2.21. The Morgan fingerprint density at radius 2 is 1.77 bits per heavy atom. The maximum atomic E-state index is 12.5. The van der Waals surface area contributed by atoms with Crippen LogP contribution in [0.3, 0.4) is 0 Å². The molecular formula is C19H27N5O2. The SMILES string of the molecule is CCCN(CCC)C(=O)NC(CC)c1nnc(-c2ccccc2)[nH]c1=O. The molecule has 0 spiro atoms. The molecule has 0 radical (unpaired) electrons. The highest BCUT2D eigenvalue weighted by molar-refractivity contribution is 5.74. The number of aromatic nitrogens is 3. The Labute approximate surface area is 153 Å². The molecule has 2 N–H and O–H groups in total. The van der Waals surface area contributed by atoms with Gasteiger partial charge in [0.25, 0.3) is 5.56 Å².